The summed E-state index contributed by atoms with van der Waals surface area (Å²) in [6.07, 6.45) is 0. The summed E-state index contributed by atoms with van der Waals surface area (Å²) in [7, 11) is 0.0650. The zero-order valence-corrected chi connectivity index (χ0v) is 13.5. The van der Waals surface area contributed by atoms with E-state index in [4.69, 9.17) is 11.6 Å². The molecule has 0 saturated carbocycles. The van der Waals surface area contributed by atoms with Gasteiger partial charge >= 0.3 is 49.6 Å². The van der Waals surface area contributed by atoms with Gasteiger partial charge < -0.3 is 0 Å². The first-order valence-corrected chi connectivity index (χ1v) is 21.1. The number of hydrogen-bond acceptors (Lipinski definition) is 0. The molecule has 0 bridgehead atoms. The summed E-state index contributed by atoms with van der Waals surface area (Å²) in [6.45, 7) is 0. The second kappa shape index (κ2) is 8.14. The SMILES string of the molecule is Fc1cc[c]cc1Cl.[I][Zn][I]. The Labute approximate surface area is 99.2 Å². The van der Waals surface area contributed by atoms with Crippen LogP contribution >= 0.6 is 51.1 Å². The molecule has 57 valence electrons. The molecular formula is C6H3ClFI2Zn. The molecule has 0 aliphatic carbocycles. The van der Waals surface area contributed by atoms with Crippen LogP contribution in [0, 0.1) is 11.9 Å². The maximum atomic E-state index is 12.2. The molecule has 0 saturated heterocycles. The third-order valence-electron chi connectivity index (χ3n) is 0.764. The minimum absolute atomic E-state index is 0.0650. The van der Waals surface area contributed by atoms with Crippen LogP contribution in [0.4, 0.5) is 4.39 Å². The van der Waals surface area contributed by atoms with Crippen molar-refractivity contribution in [1.29, 1.82) is 0 Å². The molecule has 1 aromatic rings. The van der Waals surface area contributed by atoms with Crippen LogP contribution in [0.25, 0.3) is 0 Å². The van der Waals surface area contributed by atoms with E-state index >= 15 is 0 Å². The average Bonchev–Trinajstić information content (AvgIpc) is 1.97. The molecule has 0 aliphatic rings. The van der Waals surface area contributed by atoms with Crippen LogP contribution in [-0.4, -0.2) is 0 Å². The van der Waals surface area contributed by atoms with E-state index < -0.39 is 5.82 Å². The number of halogens is 4. The molecule has 0 atom stereocenters. The van der Waals surface area contributed by atoms with Crippen LogP contribution in [0.1, 0.15) is 0 Å². The number of benzene rings is 1. The van der Waals surface area contributed by atoms with Crippen LogP contribution in [0.3, 0.4) is 0 Å². The van der Waals surface area contributed by atoms with Crippen molar-refractivity contribution < 1.29 is 14.5 Å². The fourth-order valence-electron chi connectivity index (χ4n) is 0.391. The van der Waals surface area contributed by atoms with Gasteiger partial charge in [-0.3, -0.25) is 0 Å². The molecule has 0 fully saturated rings. The van der Waals surface area contributed by atoms with Crippen LogP contribution < -0.4 is 0 Å². The molecule has 0 spiro atoms. The molecule has 5 heteroatoms. The first-order chi connectivity index (χ1) is 5.22. The van der Waals surface area contributed by atoms with Crippen LogP contribution in [0.2, 0.25) is 5.02 Å². The monoisotopic (exact) mass is 447 g/mol. The Morgan fingerprint density at radius 3 is 2.36 bits per heavy atom. The predicted molar refractivity (Wildman–Crippen MR) is 58.3 cm³/mol. The zero-order valence-electron chi connectivity index (χ0n) is 5.45. The zero-order chi connectivity index (χ0) is 8.69. The van der Waals surface area contributed by atoms with E-state index in [9.17, 15) is 4.39 Å². The van der Waals surface area contributed by atoms with Gasteiger partial charge in [0.2, 0.25) is 0 Å². The maximum absolute atomic E-state index is 12.2. The van der Waals surface area contributed by atoms with E-state index in [2.05, 4.69) is 45.6 Å². The second-order valence-electron chi connectivity index (χ2n) is 1.44. The average molecular weight is 449 g/mol. The van der Waals surface area contributed by atoms with E-state index in [1.165, 1.54) is 18.2 Å². The fourth-order valence-corrected chi connectivity index (χ4v) is 0.517. The van der Waals surface area contributed by atoms with Crippen molar-refractivity contribution >= 4 is 51.1 Å². The van der Waals surface area contributed by atoms with E-state index in [0.29, 0.717) is 0 Å². The van der Waals surface area contributed by atoms with Crippen molar-refractivity contribution in [3.63, 3.8) is 0 Å². The molecule has 0 unspecified atom stereocenters. The topological polar surface area (TPSA) is 0 Å². The quantitative estimate of drug-likeness (QED) is 0.415. The van der Waals surface area contributed by atoms with Crippen molar-refractivity contribution in [3.8, 4) is 0 Å². The molecule has 1 radical (unpaired) electrons. The second-order valence-corrected chi connectivity index (χ2v) is 25.4. The molecule has 11 heavy (non-hydrogen) atoms. The fraction of sp³-hybridized carbons (Fsp3) is 0. The van der Waals surface area contributed by atoms with Crippen molar-refractivity contribution in [2.75, 3.05) is 0 Å². The first kappa shape index (κ1) is 12.5. The third kappa shape index (κ3) is 6.66. The first-order valence-electron chi connectivity index (χ1n) is 2.65. The van der Waals surface area contributed by atoms with Crippen molar-refractivity contribution in [2.24, 2.45) is 0 Å². The molecule has 0 N–H and O–H groups in total. The van der Waals surface area contributed by atoms with Gasteiger partial charge in [0.1, 0.15) is 5.82 Å². The summed E-state index contributed by atoms with van der Waals surface area (Å²) in [5.41, 5.74) is 0. The summed E-state index contributed by atoms with van der Waals surface area (Å²) >= 11 is 10.2. The van der Waals surface area contributed by atoms with E-state index in [1.54, 1.807) is 0 Å². The van der Waals surface area contributed by atoms with Crippen LogP contribution in [0.5, 0.6) is 0 Å². The minimum atomic E-state index is -0.398. The summed E-state index contributed by atoms with van der Waals surface area (Å²) in [4.78, 5) is 0. The Hall–Kier alpha value is 1.52. The van der Waals surface area contributed by atoms with Crippen LogP contribution in [0.15, 0.2) is 18.2 Å². The summed E-state index contributed by atoms with van der Waals surface area (Å²) in [5, 5.41) is 0.118. The molecule has 0 nitrogen and oxygen atoms in total. The van der Waals surface area contributed by atoms with Gasteiger partial charge in [0.05, 0.1) is 5.02 Å². The Kier molecular flexibility index (Phi) is 9.26. The van der Waals surface area contributed by atoms with Gasteiger partial charge in [-0.25, -0.2) is 4.39 Å². The Morgan fingerprint density at radius 2 is 2.09 bits per heavy atom. The van der Waals surface area contributed by atoms with Gasteiger partial charge in [-0.2, -0.15) is 0 Å². The standard InChI is InChI=1S/C6H3ClF.2HI.Zn/c7-5-3-1-2-4-6(5)8;;;/h2-4H;2*1H;/q;;;+2/p-2. The Bertz CT molecular complexity index is 189. The van der Waals surface area contributed by atoms with E-state index in [0.717, 1.165) is 0 Å². The third-order valence-corrected chi connectivity index (χ3v) is 1.05. The summed E-state index contributed by atoms with van der Waals surface area (Å²) < 4.78 is 12.2. The van der Waals surface area contributed by atoms with E-state index in [1.807, 2.05) is 0 Å². The van der Waals surface area contributed by atoms with Crippen molar-refractivity contribution in [1.82, 2.24) is 0 Å². The Balaban J connectivity index is 0.000000292. The summed E-state index contributed by atoms with van der Waals surface area (Å²) in [6, 6.07) is 6.75. The molecule has 0 aliphatic heterocycles. The van der Waals surface area contributed by atoms with Gasteiger partial charge in [0.25, 0.3) is 0 Å². The molecule has 0 aromatic heterocycles. The van der Waals surface area contributed by atoms with Gasteiger partial charge in [-0.1, -0.05) is 17.7 Å². The van der Waals surface area contributed by atoms with Gasteiger partial charge in [0.15, 0.2) is 0 Å². The molecule has 0 amide bonds. The van der Waals surface area contributed by atoms with Gasteiger partial charge in [-0.15, -0.1) is 0 Å². The van der Waals surface area contributed by atoms with E-state index in [-0.39, 0.29) is 15.1 Å². The normalized spacial score (nSPS) is 7.64. The molecule has 1 aromatic carbocycles. The Morgan fingerprint density at radius 1 is 1.55 bits per heavy atom. The predicted octanol–water partition coefficient (Wildman–Crippen LogP) is 4.05. The summed E-state index contributed by atoms with van der Waals surface area (Å²) in [5.74, 6) is -0.398. The van der Waals surface area contributed by atoms with Crippen LogP contribution in [-0.2, 0) is 10.1 Å². The number of hydrogen-bond donors (Lipinski definition) is 0. The molecule has 1 rings (SSSR count). The molecule has 0 heterocycles. The van der Waals surface area contributed by atoms with Gasteiger partial charge in [0, 0.05) is 0 Å². The van der Waals surface area contributed by atoms with Crippen molar-refractivity contribution in [2.45, 2.75) is 0 Å². The molecular weight excluding hydrogens is 446 g/mol. The van der Waals surface area contributed by atoms with Crippen molar-refractivity contribution in [3.05, 3.63) is 35.1 Å². The van der Waals surface area contributed by atoms with Gasteiger partial charge in [-0.05, 0) is 18.2 Å². The number of rotatable bonds is 0.